The minimum Gasteiger partial charge on any atom is -0.468 e. The molecule has 0 aromatic heterocycles. The highest BCUT2D eigenvalue weighted by atomic mass is 19.4. The number of benzene rings is 2. The van der Waals surface area contributed by atoms with Gasteiger partial charge in [-0.3, -0.25) is 9.59 Å². The predicted molar refractivity (Wildman–Crippen MR) is 142 cm³/mol. The number of esters is 2. The molecule has 0 heterocycles. The molecule has 1 aliphatic rings. The third-order valence-corrected chi connectivity index (χ3v) is 7.70. The SMILES string of the molecule is COC(=O)C(C/C(=C/CCc1ccc2c(c1)C(C)(C)CCC2(C)C)c1cccc(C(F)(F)F)c1)C(=O)OC. The number of rotatable bonds is 8. The molecule has 3 rings (SSSR count). The number of carbonyl (C=O) groups is 2. The molecule has 0 atom stereocenters. The molecule has 1 aliphatic carbocycles. The number of hydrogen-bond donors (Lipinski definition) is 0. The first-order valence-corrected chi connectivity index (χ1v) is 12.9. The van der Waals surface area contributed by atoms with E-state index in [1.165, 1.54) is 17.2 Å². The maximum Gasteiger partial charge on any atom is 0.416 e. The molecule has 0 spiro atoms. The summed E-state index contributed by atoms with van der Waals surface area (Å²) in [5.74, 6) is -2.87. The largest absolute Gasteiger partial charge is 0.468 e. The number of methoxy groups -OCH3 is 2. The zero-order valence-electron chi connectivity index (χ0n) is 23.0. The van der Waals surface area contributed by atoms with Gasteiger partial charge in [-0.25, -0.2) is 0 Å². The monoisotopic (exact) mass is 530 g/mol. The normalized spacial score (nSPS) is 16.6. The number of allylic oxidation sites excluding steroid dienone is 2. The van der Waals surface area contributed by atoms with Gasteiger partial charge in [0.2, 0.25) is 0 Å². The van der Waals surface area contributed by atoms with E-state index in [1.807, 2.05) is 6.08 Å². The molecule has 0 radical (unpaired) electrons. The van der Waals surface area contributed by atoms with Crippen molar-refractivity contribution in [3.8, 4) is 0 Å². The molecule has 206 valence electrons. The summed E-state index contributed by atoms with van der Waals surface area (Å²) < 4.78 is 49.8. The van der Waals surface area contributed by atoms with Gasteiger partial charge in [0, 0.05) is 0 Å². The first-order valence-electron chi connectivity index (χ1n) is 12.9. The summed E-state index contributed by atoms with van der Waals surface area (Å²) in [6.45, 7) is 9.06. The third kappa shape index (κ3) is 6.66. The van der Waals surface area contributed by atoms with Crippen LogP contribution in [0.25, 0.3) is 5.57 Å². The lowest BCUT2D eigenvalue weighted by molar-refractivity contribution is -0.158. The van der Waals surface area contributed by atoms with Crippen LogP contribution in [0.2, 0.25) is 0 Å². The third-order valence-electron chi connectivity index (χ3n) is 7.70. The predicted octanol–water partition coefficient (Wildman–Crippen LogP) is 7.42. The Morgan fingerprint density at radius 1 is 0.921 bits per heavy atom. The van der Waals surface area contributed by atoms with Gasteiger partial charge in [0.1, 0.15) is 0 Å². The van der Waals surface area contributed by atoms with Crippen LogP contribution in [0.15, 0.2) is 48.5 Å². The highest BCUT2D eigenvalue weighted by molar-refractivity contribution is 5.96. The Labute approximate surface area is 223 Å². The number of ether oxygens (including phenoxy) is 2. The number of carbonyl (C=O) groups excluding carboxylic acids is 2. The van der Waals surface area contributed by atoms with E-state index in [2.05, 4.69) is 45.9 Å². The minimum absolute atomic E-state index is 0.0636. The van der Waals surface area contributed by atoms with Crippen LogP contribution < -0.4 is 0 Å². The molecule has 2 aromatic carbocycles. The van der Waals surface area contributed by atoms with E-state index in [1.54, 1.807) is 6.07 Å². The van der Waals surface area contributed by atoms with Crippen LogP contribution in [-0.4, -0.2) is 26.2 Å². The lowest BCUT2D eigenvalue weighted by atomic mass is 9.63. The van der Waals surface area contributed by atoms with Gasteiger partial charge < -0.3 is 9.47 Å². The Bertz CT molecular complexity index is 1190. The van der Waals surface area contributed by atoms with Crippen molar-refractivity contribution in [3.63, 3.8) is 0 Å². The van der Waals surface area contributed by atoms with Gasteiger partial charge >= 0.3 is 18.1 Å². The van der Waals surface area contributed by atoms with Crippen LogP contribution in [0.4, 0.5) is 13.2 Å². The number of fused-ring (bicyclic) bond motifs is 1. The number of aryl methyl sites for hydroxylation is 1. The van der Waals surface area contributed by atoms with Crippen molar-refractivity contribution in [3.05, 3.63) is 76.4 Å². The molecular weight excluding hydrogens is 493 g/mol. The number of alkyl halides is 3. The van der Waals surface area contributed by atoms with Crippen LogP contribution in [0.1, 0.15) is 81.2 Å². The van der Waals surface area contributed by atoms with E-state index in [0.29, 0.717) is 24.0 Å². The molecule has 0 saturated heterocycles. The molecule has 0 amide bonds. The van der Waals surface area contributed by atoms with Gasteiger partial charge in [0.25, 0.3) is 0 Å². The van der Waals surface area contributed by atoms with Crippen molar-refractivity contribution in [1.82, 2.24) is 0 Å². The summed E-state index contributed by atoms with van der Waals surface area (Å²) in [6, 6.07) is 11.5. The highest BCUT2D eigenvalue weighted by Gasteiger charge is 2.37. The van der Waals surface area contributed by atoms with Gasteiger partial charge in [-0.15, -0.1) is 0 Å². The molecule has 0 bridgehead atoms. The Hall–Kier alpha value is -3.09. The maximum absolute atomic E-state index is 13.4. The van der Waals surface area contributed by atoms with Crippen molar-refractivity contribution in [2.24, 2.45) is 5.92 Å². The second-order valence-corrected chi connectivity index (χ2v) is 11.3. The Morgan fingerprint density at radius 3 is 2.11 bits per heavy atom. The summed E-state index contributed by atoms with van der Waals surface area (Å²) in [6.07, 6.45) is 0.552. The Kier molecular flexibility index (Phi) is 8.79. The topological polar surface area (TPSA) is 52.6 Å². The van der Waals surface area contributed by atoms with E-state index in [-0.39, 0.29) is 17.3 Å². The summed E-state index contributed by atoms with van der Waals surface area (Å²) in [7, 11) is 2.32. The van der Waals surface area contributed by atoms with E-state index in [0.717, 1.165) is 44.8 Å². The molecule has 7 heteroatoms. The summed E-state index contributed by atoms with van der Waals surface area (Å²) in [5, 5.41) is 0. The van der Waals surface area contributed by atoms with Gasteiger partial charge in [0.05, 0.1) is 19.8 Å². The number of hydrogen-bond acceptors (Lipinski definition) is 4. The first kappa shape index (κ1) is 29.5. The first-order chi connectivity index (χ1) is 17.7. The number of halogens is 3. The second kappa shape index (κ2) is 11.3. The lowest BCUT2D eigenvalue weighted by Crippen LogP contribution is -2.33. The van der Waals surface area contributed by atoms with Crippen molar-refractivity contribution in [1.29, 1.82) is 0 Å². The standard InChI is InChI=1S/C31H37F3O4/c1-29(2)15-16-30(3,4)26-17-20(13-14-25(26)29)9-7-10-22(19-24(27(35)37-5)28(36)38-6)21-11-8-12-23(18-21)31(32,33)34/h8,10-14,17-18,24H,7,9,15-16,19H2,1-6H3/b22-10-. The van der Waals surface area contributed by atoms with Gasteiger partial charge in [-0.05, 0) is 82.9 Å². The Balaban J connectivity index is 1.95. The lowest BCUT2D eigenvalue weighted by Gasteiger charge is -2.42. The molecular formula is C31H37F3O4. The maximum atomic E-state index is 13.4. The van der Waals surface area contributed by atoms with Crippen LogP contribution in [0, 0.1) is 5.92 Å². The van der Waals surface area contributed by atoms with Crippen LogP contribution in [0.3, 0.4) is 0 Å². The molecule has 4 nitrogen and oxygen atoms in total. The summed E-state index contributed by atoms with van der Waals surface area (Å²) in [4.78, 5) is 24.6. The van der Waals surface area contributed by atoms with Crippen molar-refractivity contribution in [2.75, 3.05) is 14.2 Å². The summed E-state index contributed by atoms with van der Waals surface area (Å²) >= 11 is 0. The molecule has 0 unspecified atom stereocenters. The molecule has 0 aliphatic heterocycles. The zero-order valence-corrected chi connectivity index (χ0v) is 23.0. The van der Waals surface area contributed by atoms with Crippen LogP contribution >= 0.6 is 0 Å². The average molecular weight is 531 g/mol. The molecule has 0 N–H and O–H groups in total. The van der Waals surface area contributed by atoms with Crippen molar-refractivity contribution in [2.45, 2.75) is 76.8 Å². The Morgan fingerprint density at radius 2 is 1.53 bits per heavy atom. The smallest absolute Gasteiger partial charge is 0.416 e. The van der Waals surface area contributed by atoms with E-state index < -0.39 is 29.6 Å². The minimum atomic E-state index is -4.52. The fourth-order valence-electron chi connectivity index (χ4n) is 5.19. The highest BCUT2D eigenvalue weighted by Crippen LogP contribution is 2.46. The van der Waals surface area contributed by atoms with E-state index in [4.69, 9.17) is 9.47 Å². The quantitative estimate of drug-likeness (QED) is 0.263. The van der Waals surface area contributed by atoms with Gasteiger partial charge in [0.15, 0.2) is 5.92 Å². The van der Waals surface area contributed by atoms with Crippen molar-refractivity contribution < 1.29 is 32.2 Å². The molecule has 0 saturated carbocycles. The molecule has 2 aromatic rings. The molecule has 0 fully saturated rings. The average Bonchev–Trinajstić information content (AvgIpc) is 2.87. The van der Waals surface area contributed by atoms with E-state index in [9.17, 15) is 22.8 Å². The zero-order chi connectivity index (χ0) is 28.3. The van der Waals surface area contributed by atoms with E-state index >= 15 is 0 Å². The van der Waals surface area contributed by atoms with Crippen molar-refractivity contribution >= 4 is 17.5 Å². The van der Waals surface area contributed by atoms with Crippen LogP contribution in [0.5, 0.6) is 0 Å². The second-order valence-electron chi connectivity index (χ2n) is 11.3. The summed E-state index contributed by atoms with van der Waals surface area (Å²) in [5.41, 5.74) is 3.95. The van der Waals surface area contributed by atoms with Gasteiger partial charge in [-0.2, -0.15) is 13.2 Å². The molecule has 38 heavy (non-hydrogen) atoms. The van der Waals surface area contributed by atoms with Crippen LogP contribution in [-0.2, 0) is 42.5 Å². The fraction of sp³-hybridized carbons (Fsp3) is 0.484. The fourth-order valence-corrected chi connectivity index (χ4v) is 5.19. The van der Waals surface area contributed by atoms with Gasteiger partial charge in [-0.1, -0.05) is 64.1 Å².